The number of rotatable bonds is 3. The number of carbonyl (C=O) groups is 1. The molecule has 0 aliphatic carbocycles. The number of carboxylic acid groups (broad SMARTS) is 1. The number of aromatic carboxylic acids is 1. The summed E-state index contributed by atoms with van der Waals surface area (Å²) in [6, 6.07) is 0. The molecule has 0 atom stereocenters. The first-order chi connectivity index (χ1) is 7.27. The fourth-order valence-electron chi connectivity index (χ4n) is 1.88. The average molecular weight is 226 g/mol. The average Bonchev–Trinajstić information content (AvgIpc) is 2.67. The third kappa shape index (κ3) is 2.54. The number of carboxylic acids is 1. The Morgan fingerprint density at radius 2 is 2.20 bits per heavy atom. The zero-order valence-corrected chi connectivity index (χ0v) is 9.29. The van der Waals surface area contributed by atoms with Crippen LogP contribution in [-0.4, -0.2) is 34.0 Å². The van der Waals surface area contributed by atoms with Crippen LogP contribution < -0.4 is 0 Å². The Balaban J connectivity index is 2.03. The third-order valence-electron chi connectivity index (χ3n) is 2.66. The number of likely N-dealkylation sites (tertiary alicyclic amines) is 1. The van der Waals surface area contributed by atoms with Crippen LogP contribution in [0.15, 0.2) is 5.51 Å². The summed E-state index contributed by atoms with van der Waals surface area (Å²) in [6.07, 6.45) is 3.74. The van der Waals surface area contributed by atoms with Crippen molar-refractivity contribution in [2.45, 2.75) is 25.8 Å². The van der Waals surface area contributed by atoms with Crippen LogP contribution in [0.1, 0.15) is 34.6 Å². The fraction of sp³-hybridized carbons (Fsp3) is 0.600. The van der Waals surface area contributed by atoms with Crippen molar-refractivity contribution < 1.29 is 9.90 Å². The highest BCUT2D eigenvalue weighted by Gasteiger charge is 2.17. The van der Waals surface area contributed by atoms with E-state index in [2.05, 4.69) is 9.88 Å². The number of aromatic nitrogens is 1. The van der Waals surface area contributed by atoms with Crippen molar-refractivity contribution in [1.82, 2.24) is 9.88 Å². The molecule has 1 N–H and O–H groups in total. The molecule has 0 unspecified atom stereocenters. The molecule has 0 bridgehead atoms. The summed E-state index contributed by atoms with van der Waals surface area (Å²) in [5.74, 6) is -0.914. The van der Waals surface area contributed by atoms with E-state index in [0.29, 0.717) is 0 Å². The summed E-state index contributed by atoms with van der Waals surface area (Å²) in [6.45, 7) is 2.90. The van der Waals surface area contributed by atoms with Gasteiger partial charge in [0, 0.05) is 6.54 Å². The molecule has 2 rings (SSSR count). The lowest BCUT2D eigenvalue weighted by Gasteiger charge is -2.25. The Morgan fingerprint density at radius 1 is 1.47 bits per heavy atom. The smallest absolute Gasteiger partial charge is 0.355 e. The lowest BCUT2D eigenvalue weighted by Crippen LogP contribution is -2.29. The van der Waals surface area contributed by atoms with Crippen molar-refractivity contribution in [3.8, 4) is 0 Å². The van der Waals surface area contributed by atoms with Crippen LogP contribution in [0.4, 0.5) is 0 Å². The van der Waals surface area contributed by atoms with Gasteiger partial charge >= 0.3 is 5.97 Å². The molecule has 0 aromatic carbocycles. The summed E-state index contributed by atoms with van der Waals surface area (Å²) in [5, 5.41) is 8.91. The van der Waals surface area contributed by atoms with E-state index in [4.69, 9.17) is 5.11 Å². The van der Waals surface area contributed by atoms with Gasteiger partial charge in [-0.25, -0.2) is 9.78 Å². The van der Waals surface area contributed by atoms with Gasteiger partial charge in [-0.05, 0) is 25.9 Å². The molecule has 1 aromatic rings. The number of hydrogen-bond donors (Lipinski definition) is 1. The fourth-order valence-corrected chi connectivity index (χ4v) is 2.67. The predicted molar refractivity (Wildman–Crippen MR) is 58.2 cm³/mol. The van der Waals surface area contributed by atoms with Gasteiger partial charge in [-0.1, -0.05) is 6.42 Å². The van der Waals surface area contributed by atoms with Gasteiger partial charge in [0.05, 0.1) is 10.4 Å². The topological polar surface area (TPSA) is 53.4 Å². The zero-order valence-electron chi connectivity index (χ0n) is 8.48. The summed E-state index contributed by atoms with van der Waals surface area (Å²) in [5.41, 5.74) is 1.84. The Morgan fingerprint density at radius 3 is 2.87 bits per heavy atom. The lowest BCUT2D eigenvalue weighted by atomic mass is 10.1. The van der Waals surface area contributed by atoms with Crippen LogP contribution in [0.5, 0.6) is 0 Å². The van der Waals surface area contributed by atoms with E-state index in [-0.39, 0.29) is 5.69 Å². The quantitative estimate of drug-likeness (QED) is 0.854. The Labute approximate surface area is 92.6 Å². The normalized spacial score (nSPS) is 17.9. The van der Waals surface area contributed by atoms with Crippen LogP contribution in [0.2, 0.25) is 0 Å². The highest BCUT2D eigenvalue weighted by atomic mass is 32.1. The molecule has 0 spiro atoms. The van der Waals surface area contributed by atoms with Crippen molar-refractivity contribution in [2.24, 2.45) is 0 Å². The molecule has 1 aliphatic heterocycles. The molecule has 1 fully saturated rings. The van der Waals surface area contributed by atoms with E-state index in [0.717, 1.165) is 24.5 Å². The highest BCUT2D eigenvalue weighted by molar-refractivity contribution is 7.09. The molecule has 1 saturated heterocycles. The molecule has 82 valence electrons. The van der Waals surface area contributed by atoms with Crippen molar-refractivity contribution in [3.05, 3.63) is 16.1 Å². The second-order valence-electron chi connectivity index (χ2n) is 3.77. The molecule has 1 aliphatic rings. The molecule has 1 aromatic heterocycles. The maximum absolute atomic E-state index is 10.9. The van der Waals surface area contributed by atoms with Gasteiger partial charge in [0.25, 0.3) is 0 Å². The Kier molecular flexibility index (Phi) is 3.33. The number of thiazole rings is 1. The second kappa shape index (κ2) is 4.72. The van der Waals surface area contributed by atoms with E-state index in [1.807, 2.05) is 0 Å². The van der Waals surface area contributed by atoms with Crippen LogP contribution in [-0.2, 0) is 6.54 Å². The van der Waals surface area contributed by atoms with E-state index in [9.17, 15) is 4.79 Å². The number of hydrogen-bond acceptors (Lipinski definition) is 4. The number of nitrogens with zero attached hydrogens (tertiary/aromatic N) is 2. The second-order valence-corrected chi connectivity index (χ2v) is 4.71. The van der Waals surface area contributed by atoms with Crippen molar-refractivity contribution >= 4 is 17.3 Å². The minimum absolute atomic E-state index is 0.227. The van der Waals surface area contributed by atoms with Crippen LogP contribution in [0.3, 0.4) is 0 Å². The van der Waals surface area contributed by atoms with Gasteiger partial charge < -0.3 is 5.11 Å². The van der Waals surface area contributed by atoms with Gasteiger partial charge in [-0.3, -0.25) is 4.90 Å². The molecule has 2 heterocycles. The molecule has 0 amide bonds. The SMILES string of the molecule is O=C(O)c1ncsc1CN1CCCCC1. The summed E-state index contributed by atoms with van der Waals surface area (Å²) < 4.78 is 0. The van der Waals surface area contributed by atoms with E-state index in [1.165, 1.54) is 30.6 Å². The lowest BCUT2D eigenvalue weighted by molar-refractivity contribution is 0.0688. The van der Waals surface area contributed by atoms with Crippen molar-refractivity contribution in [1.29, 1.82) is 0 Å². The highest BCUT2D eigenvalue weighted by Crippen LogP contribution is 2.18. The minimum atomic E-state index is -0.914. The van der Waals surface area contributed by atoms with Crippen LogP contribution >= 0.6 is 11.3 Å². The molecule has 15 heavy (non-hydrogen) atoms. The summed E-state index contributed by atoms with van der Waals surface area (Å²) in [4.78, 5) is 17.9. The standard InChI is InChI=1S/C10H14N2O2S/c13-10(14)9-8(15-7-11-9)6-12-4-2-1-3-5-12/h7H,1-6H2,(H,13,14). The Hall–Kier alpha value is -0.940. The van der Waals surface area contributed by atoms with Gasteiger partial charge in [-0.15, -0.1) is 11.3 Å². The van der Waals surface area contributed by atoms with Crippen LogP contribution in [0, 0.1) is 0 Å². The van der Waals surface area contributed by atoms with E-state index in [1.54, 1.807) is 5.51 Å². The molecular weight excluding hydrogens is 212 g/mol. The molecule has 5 heteroatoms. The van der Waals surface area contributed by atoms with E-state index < -0.39 is 5.97 Å². The largest absolute Gasteiger partial charge is 0.476 e. The van der Waals surface area contributed by atoms with Gasteiger partial charge in [-0.2, -0.15) is 0 Å². The van der Waals surface area contributed by atoms with E-state index >= 15 is 0 Å². The Bertz CT molecular complexity index is 345. The van der Waals surface area contributed by atoms with Gasteiger partial charge in [0.2, 0.25) is 0 Å². The predicted octanol–water partition coefficient (Wildman–Crippen LogP) is 1.83. The first-order valence-corrected chi connectivity index (χ1v) is 6.03. The molecule has 4 nitrogen and oxygen atoms in total. The first-order valence-electron chi connectivity index (χ1n) is 5.15. The monoisotopic (exact) mass is 226 g/mol. The third-order valence-corrected chi connectivity index (χ3v) is 3.48. The van der Waals surface area contributed by atoms with Crippen molar-refractivity contribution in [3.63, 3.8) is 0 Å². The minimum Gasteiger partial charge on any atom is -0.476 e. The molecule has 0 radical (unpaired) electrons. The maximum Gasteiger partial charge on any atom is 0.355 e. The zero-order chi connectivity index (χ0) is 10.7. The maximum atomic E-state index is 10.9. The number of piperidine rings is 1. The summed E-state index contributed by atoms with van der Waals surface area (Å²) in [7, 11) is 0. The van der Waals surface area contributed by atoms with Crippen LogP contribution in [0.25, 0.3) is 0 Å². The first kappa shape index (κ1) is 10.6. The molecular formula is C10H14N2O2S. The van der Waals surface area contributed by atoms with Crippen molar-refractivity contribution in [2.75, 3.05) is 13.1 Å². The van der Waals surface area contributed by atoms with Gasteiger partial charge in [0.1, 0.15) is 0 Å². The van der Waals surface area contributed by atoms with Gasteiger partial charge in [0.15, 0.2) is 5.69 Å². The molecule has 0 saturated carbocycles. The summed E-state index contributed by atoms with van der Waals surface area (Å²) >= 11 is 1.44.